The van der Waals surface area contributed by atoms with Gasteiger partial charge in [0.15, 0.2) is 5.43 Å². The molecular weight excluding hydrogens is 373 g/mol. The van der Waals surface area contributed by atoms with E-state index >= 15 is 0 Å². The smallest absolute Gasteiger partial charge is 0.196 e. The Hall–Kier alpha value is -2.57. The predicted octanol–water partition coefficient (Wildman–Crippen LogP) is 4.61. The third-order valence-electron chi connectivity index (χ3n) is 5.39. The molecule has 0 atom stereocenters. The van der Waals surface area contributed by atoms with Gasteiger partial charge in [0.05, 0.1) is 15.6 Å². The molecule has 5 rings (SSSR count). The lowest BCUT2D eigenvalue weighted by Crippen LogP contribution is -2.26. The summed E-state index contributed by atoms with van der Waals surface area (Å²) in [6, 6.07) is 12.1. The van der Waals surface area contributed by atoms with Crippen LogP contribution in [0.1, 0.15) is 12.8 Å². The number of rotatable bonds is 4. The van der Waals surface area contributed by atoms with Crippen LogP contribution in [0, 0.1) is 5.82 Å². The summed E-state index contributed by atoms with van der Waals surface area (Å²) in [6.45, 7) is 4.04. The summed E-state index contributed by atoms with van der Waals surface area (Å²) in [5.41, 5.74) is 0.642. The molecule has 2 aromatic heterocycles. The van der Waals surface area contributed by atoms with E-state index in [0.29, 0.717) is 10.8 Å². The second-order valence-corrected chi connectivity index (χ2v) is 8.28. The molecule has 0 bridgehead atoms. The van der Waals surface area contributed by atoms with Gasteiger partial charge in [-0.25, -0.2) is 9.37 Å². The molecule has 142 valence electrons. The van der Waals surface area contributed by atoms with Crippen molar-refractivity contribution in [3.8, 4) is 0 Å². The van der Waals surface area contributed by atoms with Gasteiger partial charge >= 0.3 is 0 Å². The van der Waals surface area contributed by atoms with Crippen molar-refractivity contribution >= 4 is 48.2 Å². The van der Waals surface area contributed by atoms with Gasteiger partial charge in [-0.15, -0.1) is 11.3 Å². The van der Waals surface area contributed by atoms with Crippen molar-refractivity contribution in [3.05, 3.63) is 58.5 Å². The number of pyridine rings is 1. The monoisotopic (exact) mass is 393 g/mol. The molecule has 1 aliphatic rings. The molecule has 3 heterocycles. The van der Waals surface area contributed by atoms with Gasteiger partial charge in [0.25, 0.3) is 0 Å². The molecule has 0 aliphatic carbocycles. The molecule has 6 heteroatoms. The molecule has 0 unspecified atom stereocenters. The summed E-state index contributed by atoms with van der Waals surface area (Å²) < 4.78 is 15.4. The first-order valence-corrected chi connectivity index (χ1v) is 10.4. The lowest BCUT2D eigenvalue weighted by atomic mass is 10.1. The van der Waals surface area contributed by atoms with Gasteiger partial charge in [-0.1, -0.05) is 18.2 Å². The Labute approximate surface area is 165 Å². The number of para-hydroxylation sites is 1. The molecule has 2 aromatic carbocycles. The number of benzene rings is 2. The van der Waals surface area contributed by atoms with Gasteiger partial charge < -0.3 is 10.2 Å². The van der Waals surface area contributed by atoms with E-state index in [9.17, 15) is 9.18 Å². The second-order valence-electron chi connectivity index (χ2n) is 7.23. The first-order valence-electron chi connectivity index (χ1n) is 9.62. The van der Waals surface area contributed by atoms with Crippen LogP contribution in [0.3, 0.4) is 0 Å². The number of nitrogens with one attached hydrogen (secondary N) is 1. The van der Waals surface area contributed by atoms with Gasteiger partial charge in [0.2, 0.25) is 0 Å². The van der Waals surface area contributed by atoms with Crippen molar-refractivity contribution in [1.82, 2.24) is 9.88 Å². The summed E-state index contributed by atoms with van der Waals surface area (Å²) in [4.78, 5) is 20.5. The van der Waals surface area contributed by atoms with E-state index in [4.69, 9.17) is 4.98 Å². The molecule has 28 heavy (non-hydrogen) atoms. The fourth-order valence-electron chi connectivity index (χ4n) is 3.99. The summed E-state index contributed by atoms with van der Waals surface area (Å²) in [6.07, 6.45) is 2.53. The average Bonchev–Trinajstić information content (AvgIpc) is 3.22. The van der Waals surface area contributed by atoms with E-state index < -0.39 is 5.82 Å². The van der Waals surface area contributed by atoms with Crippen LogP contribution >= 0.6 is 11.3 Å². The summed E-state index contributed by atoms with van der Waals surface area (Å²) in [5.74, 6) is 0.347. The zero-order chi connectivity index (χ0) is 19.1. The Balaban J connectivity index is 1.68. The van der Waals surface area contributed by atoms with E-state index in [2.05, 4.69) is 10.2 Å². The van der Waals surface area contributed by atoms with E-state index in [0.717, 1.165) is 52.3 Å². The van der Waals surface area contributed by atoms with E-state index in [-0.39, 0.29) is 5.43 Å². The molecule has 0 saturated carbocycles. The Kier molecular flexibility index (Phi) is 4.45. The van der Waals surface area contributed by atoms with E-state index in [1.165, 1.54) is 36.3 Å². The first-order chi connectivity index (χ1) is 13.7. The van der Waals surface area contributed by atoms with Crippen LogP contribution in [-0.4, -0.2) is 36.1 Å². The van der Waals surface area contributed by atoms with Crippen LogP contribution < -0.4 is 10.7 Å². The number of anilines is 1. The van der Waals surface area contributed by atoms with E-state index in [1.807, 2.05) is 24.3 Å². The minimum absolute atomic E-state index is 0.135. The highest BCUT2D eigenvalue weighted by atomic mass is 32.1. The van der Waals surface area contributed by atoms with Crippen LogP contribution in [0.5, 0.6) is 0 Å². The Morgan fingerprint density at radius 2 is 1.93 bits per heavy atom. The zero-order valence-electron chi connectivity index (χ0n) is 15.4. The largest absolute Gasteiger partial charge is 0.368 e. The highest BCUT2D eigenvalue weighted by Gasteiger charge is 2.16. The fraction of sp³-hybridized carbons (Fsp3) is 0.273. The predicted molar refractivity (Wildman–Crippen MR) is 115 cm³/mol. The quantitative estimate of drug-likeness (QED) is 0.406. The van der Waals surface area contributed by atoms with Crippen LogP contribution in [0.15, 0.2) is 47.3 Å². The van der Waals surface area contributed by atoms with Gasteiger partial charge in [-0.3, -0.25) is 4.79 Å². The zero-order valence-corrected chi connectivity index (χ0v) is 16.2. The third kappa shape index (κ3) is 3.02. The Bertz CT molecular complexity index is 1250. The maximum absolute atomic E-state index is 13.8. The summed E-state index contributed by atoms with van der Waals surface area (Å²) in [7, 11) is 0. The molecule has 1 N–H and O–H groups in total. The number of fused-ring (bicyclic) bond motifs is 4. The molecule has 1 fully saturated rings. The summed E-state index contributed by atoms with van der Waals surface area (Å²) in [5, 5.41) is 5.32. The van der Waals surface area contributed by atoms with Gasteiger partial charge in [-0.05, 0) is 50.2 Å². The normalized spacial score (nSPS) is 15.0. The average molecular weight is 393 g/mol. The molecular formula is C22H20FN3OS. The standard InChI is InChI=1S/C22H20FN3OS/c23-14-7-8-18-16(13-14)20(27)19-15-5-1-2-6-17(15)25-22(21(19)28-18)24-9-12-26-10-3-4-11-26/h1-2,5-8,13H,3-4,9-12H2,(H,24,25). The van der Waals surface area contributed by atoms with E-state index in [1.54, 1.807) is 6.07 Å². The van der Waals surface area contributed by atoms with Crippen molar-refractivity contribution in [2.75, 3.05) is 31.5 Å². The molecule has 1 aliphatic heterocycles. The number of aromatic nitrogens is 1. The Morgan fingerprint density at radius 1 is 1.11 bits per heavy atom. The fourth-order valence-corrected chi connectivity index (χ4v) is 5.13. The SMILES string of the molecule is O=c1c2cc(F)ccc2sc2c(NCCN3CCCC3)nc3ccccc3c12. The first kappa shape index (κ1) is 17.5. The third-order valence-corrected chi connectivity index (χ3v) is 6.57. The van der Waals surface area contributed by atoms with Gasteiger partial charge in [-0.2, -0.15) is 0 Å². The highest BCUT2D eigenvalue weighted by molar-refractivity contribution is 7.25. The number of nitrogens with zero attached hydrogens (tertiary/aromatic N) is 2. The van der Waals surface area contributed by atoms with Crippen molar-refractivity contribution in [2.45, 2.75) is 12.8 Å². The lowest BCUT2D eigenvalue weighted by molar-refractivity contribution is 0.352. The highest BCUT2D eigenvalue weighted by Crippen LogP contribution is 2.34. The van der Waals surface area contributed by atoms with Crippen molar-refractivity contribution in [3.63, 3.8) is 0 Å². The minimum atomic E-state index is -0.390. The number of likely N-dealkylation sites (tertiary alicyclic amines) is 1. The molecule has 0 radical (unpaired) electrons. The van der Waals surface area contributed by atoms with Crippen LogP contribution in [-0.2, 0) is 0 Å². The molecule has 4 nitrogen and oxygen atoms in total. The van der Waals surface area contributed by atoms with Crippen molar-refractivity contribution in [2.24, 2.45) is 0 Å². The van der Waals surface area contributed by atoms with Crippen molar-refractivity contribution in [1.29, 1.82) is 0 Å². The molecule has 0 spiro atoms. The number of hydrogen-bond acceptors (Lipinski definition) is 5. The topological polar surface area (TPSA) is 45.2 Å². The Morgan fingerprint density at radius 3 is 2.79 bits per heavy atom. The molecule has 4 aromatic rings. The maximum Gasteiger partial charge on any atom is 0.196 e. The minimum Gasteiger partial charge on any atom is -0.368 e. The van der Waals surface area contributed by atoms with Crippen LogP contribution in [0.25, 0.3) is 31.1 Å². The van der Waals surface area contributed by atoms with Crippen LogP contribution in [0.2, 0.25) is 0 Å². The van der Waals surface area contributed by atoms with Crippen molar-refractivity contribution < 1.29 is 4.39 Å². The number of hydrogen-bond donors (Lipinski definition) is 1. The lowest BCUT2D eigenvalue weighted by Gasteiger charge is -2.16. The van der Waals surface area contributed by atoms with Gasteiger partial charge in [0, 0.05) is 28.6 Å². The van der Waals surface area contributed by atoms with Crippen LogP contribution in [0.4, 0.5) is 10.2 Å². The second kappa shape index (κ2) is 7.11. The number of halogens is 1. The maximum atomic E-state index is 13.8. The van der Waals surface area contributed by atoms with Gasteiger partial charge in [0.1, 0.15) is 11.6 Å². The summed E-state index contributed by atoms with van der Waals surface area (Å²) >= 11 is 1.49. The molecule has 1 saturated heterocycles. The molecule has 0 amide bonds.